The maximum atomic E-state index is 12.8. The van der Waals surface area contributed by atoms with Crippen molar-refractivity contribution < 1.29 is 14.7 Å². The maximum Gasteiger partial charge on any atom is 0.236 e. The van der Waals surface area contributed by atoms with Crippen LogP contribution < -0.4 is 0 Å². The van der Waals surface area contributed by atoms with E-state index in [0.29, 0.717) is 12.8 Å². The minimum absolute atomic E-state index is 0.0214. The quantitative estimate of drug-likeness (QED) is 0.592. The Morgan fingerprint density at radius 2 is 1.60 bits per heavy atom. The number of likely N-dealkylation sites (tertiary alicyclic amines) is 1. The Kier molecular flexibility index (Phi) is 3.85. The summed E-state index contributed by atoms with van der Waals surface area (Å²) in [6, 6.07) is -0.265. The summed E-state index contributed by atoms with van der Waals surface area (Å²) in [5.41, 5.74) is -0.415. The molecule has 1 N–H and O–H groups in total. The van der Waals surface area contributed by atoms with Gasteiger partial charge in [-0.2, -0.15) is 0 Å². The van der Waals surface area contributed by atoms with Gasteiger partial charge in [-0.3, -0.25) is 14.5 Å². The molecule has 4 nitrogen and oxygen atoms in total. The highest BCUT2D eigenvalue weighted by Crippen LogP contribution is 2.46. The summed E-state index contributed by atoms with van der Waals surface area (Å²) in [5, 5.41) is 10.3. The van der Waals surface area contributed by atoms with Crippen molar-refractivity contribution in [2.75, 3.05) is 0 Å². The van der Waals surface area contributed by atoms with E-state index in [1.54, 1.807) is 0 Å². The molecule has 1 saturated heterocycles. The first kappa shape index (κ1) is 14.1. The van der Waals surface area contributed by atoms with Gasteiger partial charge in [-0.25, -0.2) is 0 Å². The van der Waals surface area contributed by atoms with Gasteiger partial charge in [0.15, 0.2) is 0 Å². The van der Waals surface area contributed by atoms with E-state index in [2.05, 4.69) is 0 Å². The van der Waals surface area contributed by atoms with Crippen LogP contribution in [0.3, 0.4) is 0 Å². The number of imide groups is 1. The zero-order valence-corrected chi connectivity index (χ0v) is 12.1. The van der Waals surface area contributed by atoms with Crippen molar-refractivity contribution in [3.63, 3.8) is 0 Å². The average molecular weight is 279 g/mol. The highest BCUT2D eigenvalue weighted by molar-refractivity contribution is 6.06. The molecule has 1 heterocycles. The fourth-order valence-electron chi connectivity index (χ4n) is 4.34. The molecule has 2 unspecified atom stereocenters. The van der Waals surface area contributed by atoms with Gasteiger partial charge in [-0.15, -0.1) is 0 Å². The fraction of sp³-hybridized carbons (Fsp3) is 0.875. The van der Waals surface area contributed by atoms with Gasteiger partial charge < -0.3 is 5.11 Å². The van der Waals surface area contributed by atoms with Crippen LogP contribution in [0.15, 0.2) is 0 Å². The predicted molar refractivity (Wildman–Crippen MR) is 74.9 cm³/mol. The Balaban J connectivity index is 1.82. The van der Waals surface area contributed by atoms with E-state index in [0.717, 1.165) is 51.4 Å². The van der Waals surface area contributed by atoms with Gasteiger partial charge in [0.05, 0.1) is 17.6 Å². The van der Waals surface area contributed by atoms with Crippen LogP contribution >= 0.6 is 0 Å². The molecule has 2 saturated carbocycles. The zero-order chi connectivity index (χ0) is 14.2. The number of carbonyl (C=O) groups is 2. The summed E-state index contributed by atoms with van der Waals surface area (Å²) in [7, 11) is 0. The van der Waals surface area contributed by atoms with E-state index >= 15 is 0 Å². The van der Waals surface area contributed by atoms with E-state index in [-0.39, 0.29) is 17.9 Å². The van der Waals surface area contributed by atoms with Gasteiger partial charge in [0.2, 0.25) is 11.8 Å². The van der Waals surface area contributed by atoms with Crippen molar-refractivity contribution in [3.05, 3.63) is 0 Å². The van der Waals surface area contributed by atoms with Gasteiger partial charge in [0.25, 0.3) is 0 Å². The molecular formula is C16H25NO3. The lowest BCUT2D eigenvalue weighted by molar-refractivity contribution is -0.148. The summed E-state index contributed by atoms with van der Waals surface area (Å²) < 4.78 is 0. The standard InChI is InChI=1S/C16H25NO3/c18-13-8-4-1-3-7-12(13)17-14(19)11-16(15(17)20)9-5-2-6-10-16/h12-13,18H,1-11H2. The first-order valence-corrected chi connectivity index (χ1v) is 8.19. The molecule has 0 aromatic carbocycles. The summed E-state index contributed by atoms with van der Waals surface area (Å²) >= 11 is 0. The van der Waals surface area contributed by atoms with Crippen LogP contribution in [0.5, 0.6) is 0 Å². The molecule has 3 fully saturated rings. The second-order valence-electron chi connectivity index (χ2n) is 6.86. The van der Waals surface area contributed by atoms with E-state index < -0.39 is 11.5 Å². The third kappa shape index (κ3) is 2.28. The number of carbonyl (C=O) groups excluding carboxylic acids is 2. The largest absolute Gasteiger partial charge is 0.391 e. The van der Waals surface area contributed by atoms with Crippen molar-refractivity contribution in [2.45, 2.75) is 82.8 Å². The van der Waals surface area contributed by atoms with E-state index in [4.69, 9.17) is 0 Å². The van der Waals surface area contributed by atoms with Crippen LogP contribution in [0.2, 0.25) is 0 Å². The minimum Gasteiger partial charge on any atom is -0.391 e. The topological polar surface area (TPSA) is 57.6 Å². The lowest BCUT2D eigenvalue weighted by Crippen LogP contribution is -2.48. The molecule has 0 radical (unpaired) electrons. The number of aliphatic hydroxyl groups excluding tert-OH is 1. The number of rotatable bonds is 1. The number of hydrogen-bond acceptors (Lipinski definition) is 3. The Labute approximate surface area is 120 Å². The first-order valence-electron chi connectivity index (χ1n) is 8.19. The van der Waals surface area contributed by atoms with Gasteiger partial charge in [0, 0.05) is 6.42 Å². The van der Waals surface area contributed by atoms with Gasteiger partial charge in [-0.05, 0) is 25.7 Å². The molecule has 3 aliphatic rings. The van der Waals surface area contributed by atoms with Gasteiger partial charge >= 0.3 is 0 Å². The van der Waals surface area contributed by atoms with E-state index in [1.165, 1.54) is 11.3 Å². The summed E-state index contributed by atoms with van der Waals surface area (Å²) in [6.45, 7) is 0. The Bertz CT molecular complexity index is 401. The molecule has 1 spiro atoms. The Morgan fingerprint density at radius 3 is 2.35 bits per heavy atom. The molecule has 0 aromatic rings. The average Bonchev–Trinajstić information content (AvgIpc) is 2.59. The number of hydrogen-bond donors (Lipinski definition) is 1. The second kappa shape index (κ2) is 5.47. The van der Waals surface area contributed by atoms with Crippen LogP contribution in [0, 0.1) is 5.41 Å². The molecule has 20 heavy (non-hydrogen) atoms. The normalized spacial score (nSPS) is 34.5. The van der Waals surface area contributed by atoms with Crippen LogP contribution in [0.1, 0.15) is 70.6 Å². The molecule has 0 bridgehead atoms. The lowest BCUT2D eigenvalue weighted by atomic mass is 9.73. The van der Waals surface area contributed by atoms with E-state index in [1.807, 2.05) is 0 Å². The third-order valence-electron chi connectivity index (χ3n) is 5.52. The molecule has 2 amide bonds. The van der Waals surface area contributed by atoms with Gasteiger partial charge in [0.1, 0.15) is 0 Å². The SMILES string of the molecule is O=C1CC2(CCCCC2)C(=O)N1C1CCCCCC1O. The molecule has 2 aliphatic carbocycles. The molecule has 4 heteroatoms. The van der Waals surface area contributed by atoms with Crippen molar-refractivity contribution in [2.24, 2.45) is 5.41 Å². The van der Waals surface area contributed by atoms with Crippen LogP contribution in [0.25, 0.3) is 0 Å². The number of amides is 2. The van der Waals surface area contributed by atoms with E-state index in [9.17, 15) is 14.7 Å². The van der Waals surface area contributed by atoms with Crippen molar-refractivity contribution in [1.82, 2.24) is 4.90 Å². The van der Waals surface area contributed by atoms with Crippen LogP contribution in [0.4, 0.5) is 0 Å². The summed E-state index contributed by atoms with van der Waals surface area (Å²) in [4.78, 5) is 26.7. The molecule has 0 aromatic heterocycles. The smallest absolute Gasteiger partial charge is 0.236 e. The molecular weight excluding hydrogens is 254 g/mol. The monoisotopic (exact) mass is 279 g/mol. The molecule has 2 atom stereocenters. The third-order valence-corrected chi connectivity index (χ3v) is 5.52. The predicted octanol–water partition coefficient (Wildman–Crippen LogP) is 2.39. The minimum atomic E-state index is -0.524. The first-order chi connectivity index (χ1) is 9.64. The molecule has 3 rings (SSSR count). The van der Waals surface area contributed by atoms with Crippen molar-refractivity contribution in [1.29, 1.82) is 0 Å². The summed E-state index contributed by atoms with van der Waals surface area (Å²) in [5.74, 6) is -0.0176. The lowest BCUT2D eigenvalue weighted by Gasteiger charge is -2.34. The molecule has 1 aliphatic heterocycles. The fourth-order valence-corrected chi connectivity index (χ4v) is 4.34. The second-order valence-corrected chi connectivity index (χ2v) is 6.86. The number of aliphatic hydroxyl groups is 1. The number of nitrogens with zero attached hydrogens (tertiary/aromatic N) is 1. The summed E-state index contributed by atoms with van der Waals surface area (Å²) in [6.07, 6.45) is 9.45. The van der Waals surface area contributed by atoms with Crippen molar-refractivity contribution >= 4 is 11.8 Å². The zero-order valence-electron chi connectivity index (χ0n) is 12.1. The van der Waals surface area contributed by atoms with Crippen molar-refractivity contribution in [3.8, 4) is 0 Å². The van der Waals surface area contributed by atoms with Crippen LogP contribution in [-0.2, 0) is 9.59 Å². The Hall–Kier alpha value is -0.900. The molecule has 112 valence electrons. The maximum absolute atomic E-state index is 12.8. The Morgan fingerprint density at radius 1 is 0.950 bits per heavy atom. The highest BCUT2D eigenvalue weighted by Gasteiger charge is 2.54. The highest BCUT2D eigenvalue weighted by atomic mass is 16.3. The van der Waals surface area contributed by atoms with Crippen LogP contribution in [-0.4, -0.2) is 34.0 Å². The van der Waals surface area contributed by atoms with Gasteiger partial charge in [-0.1, -0.05) is 38.5 Å².